The van der Waals surface area contributed by atoms with Crippen molar-refractivity contribution >= 4 is 12.0 Å². The molecule has 116 valence electrons. The number of aromatic nitrogens is 2. The van der Waals surface area contributed by atoms with Crippen molar-refractivity contribution in [2.75, 3.05) is 13.1 Å². The van der Waals surface area contributed by atoms with Crippen LogP contribution in [0.3, 0.4) is 0 Å². The first-order chi connectivity index (χ1) is 10.1. The maximum Gasteiger partial charge on any atom is 0.323 e. The highest BCUT2D eigenvalue weighted by Crippen LogP contribution is 2.23. The fourth-order valence-corrected chi connectivity index (χ4v) is 2.55. The number of carboxylic acid groups (broad SMARTS) is 1. The van der Waals surface area contributed by atoms with E-state index in [4.69, 9.17) is 9.63 Å². The molecule has 0 atom stereocenters. The monoisotopic (exact) mass is 296 g/mol. The smallest absolute Gasteiger partial charge is 0.323 e. The first-order valence-corrected chi connectivity index (χ1v) is 7.11. The lowest BCUT2D eigenvalue weighted by atomic mass is 10.2. The van der Waals surface area contributed by atoms with Crippen LogP contribution in [0.15, 0.2) is 4.52 Å². The molecule has 0 saturated heterocycles. The second-order valence-electron chi connectivity index (χ2n) is 5.17. The molecule has 2 N–H and O–H groups in total. The molecule has 21 heavy (non-hydrogen) atoms. The predicted molar refractivity (Wildman–Crippen MR) is 72.7 cm³/mol. The van der Waals surface area contributed by atoms with Gasteiger partial charge in [0.15, 0.2) is 5.82 Å². The first kappa shape index (κ1) is 15.3. The van der Waals surface area contributed by atoms with Gasteiger partial charge in [-0.25, -0.2) is 4.79 Å². The van der Waals surface area contributed by atoms with Crippen molar-refractivity contribution in [3.63, 3.8) is 0 Å². The summed E-state index contributed by atoms with van der Waals surface area (Å²) in [6, 6.07) is -0.321. The van der Waals surface area contributed by atoms with E-state index < -0.39 is 5.97 Å². The molecule has 0 spiro atoms. The summed E-state index contributed by atoms with van der Waals surface area (Å²) in [5.74, 6) is 0.0130. The van der Waals surface area contributed by atoms with E-state index in [1.54, 1.807) is 6.92 Å². The number of nitrogens with one attached hydrogen (secondary N) is 1. The number of rotatable bonds is 6. The van der Waals surface area contributed by atoms with Gasteiger partial charge < -0.3 is 19.8 Å². The third-order valence-electron chi connectivity index (χ3n) is 3.53. The topological polar surface area (TPSA) is 109 Å². The Morgan fingerprint density at radius 1 is 1.43 bits per heavy atom. The maximum atomic E-state index is 12.1. The molecule has 1 saturated carbocycles. The fourth-order valence-electron chi connectivity index (χ4n) is 2.55. The number of carboxylic acids is 1. The largest absolute Gasteiger partial charge is 0.480 e. The number of urea groups is 1. The Morgan fingerprint density at radius 3 is 2.71 bits per heavy atom. The van der Waals surface area contributed by atoms with Crippen LogP contribution >= 0.6 is 0 Å². The highest BCUT2D eigenvalue weighted by atomic mass is 16.5. The van der Waals surface area contributed by atoms with Crippen LogP contribution in [-0.2, 0) is 11.2 Å². The van der Waals surface area contributed by atoms with Gasteiger partial charge >= 0.3 is 12.0 Å². The molecule has 0 aliphatic heterocycles. The Kier molecular flexibility index (Phi) is 5.13. The van der Waals surface area contributed by atoms with Crippen molar-refractivity contribution in [2.45, 2.75) is 45.1 Å². The molecule has 1 aliphatic carbocycles. The zero-order valence-corrected chi connectivity index (χ0v) is 12.0. The molecule has 1 fully saturated rings. The normalized spacial score (nSPS) is 15.1. The number of hydrogen-bond donors (Lipinski definition) is 2. The molecule has 1 aliphatic rings. The Hall–Kier alpha value is -2.12. The summed E-state index contributed by atoms with van der Waals surface area (Å²) in [6.07, 6.45) is 4.26. The van der Waals surface area contributed by atoms with Crippen LogP contribution in [0.4, 0.5) is 4.79 Å². The Bertz CT molecular complexity index is 496. The molecule has 8 nitrogen and oxygen atoms in total. The summed E-state index contributed by atoms with van der Waals surface area (Å²) in [5.41, 5.74) is 0. The molecule has 0 radical (unpaired) electrons. The molecule has 1 heterocycles. The van der Waals surface area contributed by atoms with E-state index in [0.717, 1.165) is 25.7 Å². The van der Waals surface area contributed by atoms with Gasteiger partial charge in [-0.15, -0.1) is 0 Å². The van der Waals surface area contributed by atoms with Crippen LogP contribution in [-0.4, -0.2) is 51.3 Å². The number of aryl methyl sites for hydroxylation is 1. The third kappa shape index (κ3) is 4.44. The quantitative estimate of drug-likeness (QED) is 0.809. The van der Waals surface area contributed by atoms with E-state index in [-0.39, 0.29) is 18.6 Å². The molecular weight excluding hydrogens is 276 g/mol. The van der Waals surface area contributed by atoms with Gasteiger partial charge in [0, 0.05) is 25.9 Å². The maximum absolute atomic E-state index is 12.1. The summed E-state index contributed by atoms with van der Waals surface area (Å²) < 4.78 is 4.84. The van der Waals surface area contributed by atoms with Crippen molar-refractivity contribution in [1.82, 2.24) is 20.4 Å². The Labute approximate surface area is 122 Å². The minimum Gasteiger partial charge on any atom is -0.480 e. The lowest BCUT2D eigenvalue weighted by molar-refractivity contribution is -0.138. The van der Waals surface area contributed by atoms with Crippen molar-refractivity contribution in [2.24, 2.45) is 0 Å². The Balaban J connectivity index is 1.84. The molecule has 1 aromatic rings. The van der Waals surface area contributed by atoms with Gasteiger partial charge in [-0.1, -0.05) is 18.0 Å². The average molecular weight is 296 g/mol. The third-order valence-corrected chi connectivity index (χ3v) is 3.53. The van der Waals surface area contributed by atoms with Crippen molar-refractivity contribution in [3.8, 4) is 0 Å². The number of amides is 2. The lowest BCUT2D eigenvalue weighted by Gasteiger charge is -2.27. The van der Waals surface area contributed by atoms with Crippen LogP contribution in [0.25, 0.3) is 0 Å². The molecular formula is C13H20N4O4. The molecule has 2 amide bonds. The Morgan fingerprint density at radius 2 is 2.14 bits per heavy atom. The SMILES string of the molecule is Cc1nc(CCNC(=O)N(CC(=O)O)C2CCCC2)no1. The van der Waals surface area contributed by atoms with Gasteiger partial charge in [-0.3, -0.25) is 4.79 Å². The standard InChI is InChI=1S/C13H20N4O4/c1-9-15-11(16-21-9)6-7-14-13(20)17(8-12(18)19)10-4-2-3-5-10/h10H,2-8H2,1H3,(H,14,20)(H,18,19). The molecule has 0 bridgehead atoms. The second-order valence-corrected chi connectivity index (χ2v) is 5.17. The van der Waals surface area contributed by atoms with Gasteiger partial charge in [0.25, 0.3) is 0 Å². The average Bonchev–Trinajstić information content (AvgIpc) is 3.07. The minimum absolute atomic E-state index is 0.0218. The zero-order valence-electron chi connectivity index (χ0n) is 12.0. The van der Waals surface area contributed by atoms with E-state index in [1.165, 1.54) is 4.90 Å². The number of carbonyl (C=O) groups excluding carboxylic acids is 1. The first-order valence-electron chi connectivity index (χ1n) is 7.11. The minimum atomic E-state index is -0.995. The van der Waals surface area contributed by atoms with Gasteiger partial charge in [-0.05, 0) is 12.8 Å². The van der Waals surface area contributed by atoms with Crippen molar-refractivity contribution in [3.05, 3.63) is 11.7 Å². The summed E-state index contributed by atoms with van der Waals surface area (Å²) in [7, 11) is 0. The van der Waals surface area contributed by atoms with Gasteiger partial charge in [-0.2, -0.15) is 4.98 Å². The number of carbonyl (C=O) groups is 2. The van der Waals surface area contributed by atoms with Crippen LogP contribution in [0, 0.1) is 6.92 Å². The van der Waals surface area contributed by atoms with Crippen LogP contribution in [0.2, 0.25) is 0 Å². The number of aliphatic carboxylic acids is 1. The second kappa shape index (κ2) is 7.05. The van der Waals surface area contributed by atoms with Gasteiger partial charge in [0.05, 0.1) is 0 Å². The lowest BCUT2D eigenvalue weighted by Crippen LogP contribution is -2.48. The van der Waals surface area contributed by atoms with E-state index >= 15 is 0 Å². The zero-order chi connectivity index (χ0) is 15.2. The van der Waals surface area contributed by atoms with Gasteiger partial charge in [0.2, 0.25) is 5.89 Å². The highest BCUT2D eigenvalue weighted by molar-refractivity contribution is 5.80. The van der Waals surface area contributed by atoms with Crippen LogP contribution < -0.4 is 5.32 Å². The summed E-state index contributed by atoms with van der Waals surface area (Å²) >= 11 is 0. The number of hydrogen-bond acceptors (Lipinski definition) is 5. The van der Waals surface area contributed by atoms with Crippen molar-refractivity contribution in [1.29, 1.82) is 0 Å². The van der Waals surface area contributed by atoms with E-state index in [9.17, 15) is 9.59 Å². The van der Waals surface area contributed by atoms with E-state index in [0.29, 0.717) is 24.7 Å². The number of nitrogens with zero attached hydrogens (tertiary/aromatic N) is 3. The summed E-state index contributed by atoms with van der Waals surface area (Å²) in [6.45, 7) is 1.78. The van der Waals surface area contributed by atoms with E-state index in [1.807, 2.05) is 0 Å². The van der Waals surface area contributed by atoms with Crippen LogP contribution in [0.5, 0.6) is 0 Å². The highest BCUT2D eigenvalue weighted by Gasteiger charge is 2.28. The molecule has 2 rings (SSSR count). The van der Waals surface area contributed by atoms with Gasteiger partial charge in [0.1, 0.15) is 6.54 Å². The van der Waals surface area contributed by atoms with Crippen LogP contribution in [0.1, 0.15) is 37.4 Å². The predicted octanol–water partition coefficient (Wildman–Crippen LogP) is 0.959. The molecule has 0 unspecified atom stereocenters. The fraction of sp³-hybridized carbons (Fsp3) is 0.692. The van der Waals surface area contributed by atoms with Crippen molar-refractivity contribution < 1.29 is 19.2 Å². The summed E-state index contributed by atoms with van der Waals surface area (Å²) in [5, 5.41) is 15.4. The van der Waals surface area contributed by atoms with E-state index in [2.05, 4.69) is 15.5 Å². The molecule has 0 aromatic carbocycles. The molecule has 8 heteroatoms. The molecule has 1 aromatic heterocycles. The summed E-state index contributed by atoms with van der Waals surface area (Å²) in [4.78, 5) is 28.5.